The van der Waals surface area contributed by atoms with Crippen molar-refractivity contribution in [3.8, 4) is 0 Å². The molecule has 0 aromatic rings. The third-order valence-electron chi connectivity index (χ3n) is 5.98. The molecule has 18 heavy (non-hydrogen) atoms. The monoisotopic (exact) mass is 272 g/mol. The molecule has 4 aliphatic carbocycles. The average Bonchev–Trinajstić information content (AvgIpc) is 2.25. The molecule has 1 N–H and O–H groups in total. The van der Waals surface area contributed by atoms with Gasteiger partial charge in [-0.2, -0.15) is 0 Å². The van der Waals surface area contributed by atoms with Crippen molar-refractivity contribution in [3.63, 3.8) is 0 Å². The van der Waals surface area contributed by atoms with Gasteiger partial charge >= 0.3 is 0 Å². The third kappa shape index (κ3) is 2.21. The highest BCUT2D eigenvalue weighted by Gasteiger charge is 2.54. The van der Waals surface area contributed by atoms with Crippen LogP contribution in [0, 0.1) is 23.2 Å². The first-order valence-electron chi connectivity index (χ1n) is 7.35. The normalized spacial score (nSPS) is 44.8. The predicted molar refractivity (Wildman–Crippen MR) is 69.8 cm³/mol. The van der Waals surface area contributed by atoms with Crippen LogP contribution in [0.3, 0.4) is 0 Å². The van der Waals surface area contributed by atoms with Gasteiger partial charge in [-0.05, 0) is 82.7 Å². The number of aliphatic hydroxyl groups is 1. The molecule has 0 aliphatic heterocycles. The fraction of sp³-hybridized carbons (Fsp3) is 1.00. The maximum absolute atomic E-state index is 10.8. The lowest BCUT2D eigenvalue weighted by molar-refractivity contribution is -0.137. The van der Waals surface area contributed by atoms with Crippen molar-refractivity contribution in [2.45, 2.75) is 57.6 Å². The first-order valence-corrected chi connectivity index (χ1v) is 7.35. The van der Waals surface area contributed by atoms with Gasteiger partial charge in [-0.25, -0.2) is 0 Å². The van der Waals surface area contributed by atoms with E-state index in [0.29, 0.717) is 6.04 Å². The maximum atomic E-state index is 10.8. The number of rotatable bonds is 3. The number of halogens is 1. The average molecular weight is 273 g/mol. The molecular formula is C15H27ClNO-. The molecule has 4 aliphatic rings. The Hall–Kier alpha value is 0.210. The van der Waals surface area contributed by atoms with Gasteiger partial charge in [-0.15, -0.1) is 0 Å². The predicted octanol–water partition coefficient (Wildman–Crippen LogP) is -0.482. The van der Waals surface area contributed by atoms with Crippen LogP contribution < -0.4 is 12.4 Å². The van der Waals surface area contributed by atoms with E-state index in [0.717, 1.165) is 17.8 Å². The van der Waals surface area contributed by atoms with E-state index in [1.54, 1.807) is 0 Å². The van der Waals surface area contributed by atoms with E-state index < -0.39 is 0 Å². The molecule has 4 bridgehead atoms. The van der Waals surface area contributed by atoms with E-state index in [-0.39, 0.29) is 23.9 Å². The van der Waals surface area contributed by atoms with Crippen LogP contribution in [0.4, 0.5) is 0 Å². The van der Waals surface area contributed by atoms with Gasteiger partial charge in [0.15, 0.2) is 0 Å². The van der Waals surface area contributed by atoms with Crippen LogP contribution >= 0.6 is 0 Å². The molecule has 0 aromatic heterocycles. The summed E-state index contributed by atoms with van der Waals surface area (Å²) in [5.41, 5.74) is 0.276. The summed E-state index contributed by atoms with van der Waals surface area (Å²) in [5, 5.41) is 10.8. The molecular weight excluding hydrogens is 246 g/mol. The quantitative estimate of drug-likeness (QED) is 0.750. The van der Waals surface area contributed by atoms with Gasteiger partial charge in [-0.3, -0.25) is 0 Å². The van der Waals surface area contributed by atoms with Crippen LogP contribution in [0.5, 0.6) is 0 Å². The second kappa shape index (κ2) is 4.96. The number of aliphatic hydroxyl groups excluding tert-OH is 1. The van der Waals surface area contributed by atoms with E-state index in [2.05, 4.69) is 25.9 Å². The molecule has 0 heterocycles. The Balaban J connectivity index is 0.00000120. The molecule has 3 heteroatoms. The molecule has 0 spiro atoms. The second-order valence-electron chi connectivity index (χ2n) is 7.43. The minimum Gasteiger partial charge on any atom is -1.00 e. The molecule has 0 amide bonds. The zero-order valence-electron chi connectivity index (χ0n) is 11.9. The zero-order chi connectivity index (χ0) is 12.2. The highest BCUT2D eigenvalue weighted by molar-refractivity contribution is 5.05. The third-order valence-corrected chi connectivity index (χ3v) is 5.98. The Kier molecular flexibility index (Phi) is 4.02. The van der Waals surface area contributed by atoms with Gasteiger partial charge in [0.2, 0.25) is 0 Å². The van der Waals surface area contributed by atoms with Crippen LogP contribution in [0.1, 0.15) is 45.4 Å². The second-order valence-corrected chi connectivity index (χ2v) is 7.43. The molecule has 106 valence electrons. The summed E-state index contributed by atoms with van der Waals surface area (Å²) in [6.07, 6.45) is 8.17. The van der Waals surface area contributed by atoms with Crippen LogP contribution in [0.2, 0.25) is 0 Å². The van der Waals surface area contributed by atoms with Crippen LogP contribution in [-0.2, 0) is 0 Å². The van der Waals surface area contributed by atoms with Crippen LogP contribution in [0.25, 0.3) is 0 Å². The van der Waals surface area contributed by atoms with Gasteiger partial charge in [0.05, 0.1) is 6.10 Å². The van der Waals surface area contributed by atoms with E-state index in [1.807, 2.05) is 0 Å². The van der Waals surface area contributed by atoms with Gasteiger partial charge < -0.3 is 22.4 Å². The molecule has 4 fully saturated rings. The Labute approximate surface area is 118 Å². The number of hydrogen-bond acceptors (Lipinski definition) is 2. The van der Waals surface area contributed by atoms with Crippen molar-refractivity contribution < 1.29 is 17.5 Å². The summed E-state index contributed by atoms with van der Waals surface area (Å²) in [6, 6.07) is 0.297. The SMILES string of the molecule is CC(C(O)C12CC3CC(CC(C3)C1)C2)N(C)C.[Cl-]. The summed E-state index contributed by atoms with van der Waals surface area (Å²) in [7, 11) is 4.18. The smallest absolute Gasteiger partial charge is 0.0748 e. The van der Waals surface area contributed by atoms with E-state index in [4.69, 9.17) is 0 Å². The lowest BCUT2D eigenvalue weighted by atomic mass is 9.47. The maximum Gasteiger partial charge on any atom is 0.0748 e. The van der Waals surface area contributed by atoms with Gasteiger partial charge in [0.25, 0.3) is 0 Å². The minimum absolute atomic E-state index is 0. The van der Waals surface area contributed by atoms with E-state index in [9.17, 15) is 5.11 Å². The molecule has 4 saturated carbocycles. The fourth-order valence-corrected chi connectivity index (χ4v) is 5.33. The molecule has 2 nitrogen and oxygen atoms in total. The fourth-order valence-electron chi connectivity index (χ4n) is 5.33. The number of hydrogen-bond donors (Lipinski definition) is 1. The summed E-state index contributed by atoms with van der Waals surface area (Å²) in [6.45, 7) is 2.18. The van der Waals surface area contributed by atoms with Gasteiger partial charge in [0.1, 0.15) is 0 Å². The van der Waals surface area contributed by atoms with Crippen molar-refractivity contribution >= 4 is 0 Å². The van der Waals surface area contributed by atoms with Crippen molar-refractivity contribution in [3.05, 3.63) is 0 Å². The number of likely N-dealkylation sites (N-methyl/N-ethyl adjacent to an activating group) is 1. The molecule has 0 radical (unpaired) electrons. The van der Waals surface area contributed by atoms with Gasteiger partial charge in [0, 0.05) is 6.04 Å². The van der Waals surface area contributed by atoms with Crippen LogP contribution in [0.15, 0.2) is 0 Å². The van der Waals surface area contributed by atoms with Crippen molar-refractivity contribution in [1.82, 2.24) is 4.90 Å². The summed E-state index contributed by atoms with van der Waals surface area (Å²) >= 11 is 0. The minimum atomic E-state index is -0.120. The molecule has 4 rings (SSSR count). The highest BCUT2D eigenvalue weighted by atomic mass is 35.5. The van der Waals surface area contributed by atoms with Gasteiger partial charge in [-0.1, -0.05) is 0 Å². The first-order chi connectivity index (χ1) is 8.00. The number of nitrogens with zero attached hydrogens (tertiary/aromatic N) is 1. The summed E-state index contributed by atoms with van der Waals surface area (Å²) < 4.78 is 0. The Morgan fingerprint density at radius 2 is 1.39 bits per heavy atom. The molecule has 0 saturated heterocycles. The van der Waals surface area contributed by atoms with Crippen molar-refractivity contribution in [1.29, 1.82) is 0 Å². The first kappa shape index (κ1) is 14.6. The largest absolute Gasteiger partial charge is 1.00 e. The Morgan fingerprint density at radius 1 is 1.00 bits per heavy atom. The van der Waals surface area contributed by atoms with Crippen LogP contribution in [-0.4, -0.2) is 36.2 Å². The standard InChI is InChI=1S/C15H27NO.ClH/c1-10(16(2)3)14(17)15-7-11-4-12(8-15)6-13(5-11)9-15;/h10-14,17H,4-9H2,1-3H3;1H/p-1. The molecule has 0 aromatic carbocycles. The summed E-state index contributed by atoms with van der Waals surface area (Å²) in [4.78, 5) is 2.18. The topological polar surface area (TPSA) is 23.5 Å². The lowest BCUT2D eigenvalue weighted by Gasteiger charge is -2.59. The highest BCUT2D eigenvalue weighted by Crippen LogP contribution is 2.61. The van der Waals surface area contributed by atoms with E-state index >= 15 is 0 Å². The Morgan fingerprint density at radius 3 is 1.72 bits per heavy atom. The Bertz CT molecular complexity index is 270. The van der Waals surface area contributed by atoms with Crippen molar-refractivity contribution in [2.75, 3.05) is 14.1 Å². The van der Waals surface area contributed by atoms with Crippen molar-refractivity contribution in [2.24, 2.45) is 23.2 Å². The van der Waals surface area contributed by atoms with E-state index in [1.165, 1.54) is 38.5 Å². The molecule has 2 unspecified atom stereocenters. The zero-order valence-corrected chi connectivity index (χ0v) is 12.7. The molecule has 2 atom stereocenters. The lowest BCUT2D eigenvalue weighted by Crippen LogP contribution is -3.00. The summed E-state index contributed by atoms with van der Waals surface area (Å²) in [5.74, 6) is 2.81.